The van der Waals surface area contributed by atoms with Crippen molar-refractivity contribution in [3.8, 4) is 6.07 Å². The average molecular weight is 271 g/mol. The van der Waals surface area contributed by atoms with E-state index < -0.39 is 0 Å². The van der Waals surface area contributed by atoms with E-state index in [1.165, 1.54) is 6.33 Å². The molecule has 5 nitrogen and oxygen atoms in total. The van der Waals surface area contributed by atoms with Crippen molar-refractivity contribution in [2.24, 2.45) is 0 Å². The Morgan fingerprint density at radius 2 is 2.33 bits per heavy atom. The molecule has 58 valence electrons. The Labute approximate surface area is 81.0 Å². The van der Waals surface area contributed by atoms with Crippen molar-refractivity contribution in [3.63, 3.8) is 0 Å². The molecule has 1 N–H and O–H groups in total. The van der Waals surface area contributed by atoms with Gasteiger partial charge >= 0.3 is 0 Å². The predicted octanol–water partition coefficient (Wildman–Crippen LogP) is 0.829. The first-order valence-electron chi connectivity index (χ1n) is 3.07. The molecule has 2 aromatic rings. The molecule has 0 aromatic carbocycles. The van der Waals surface area contributed by atoms with Gasteiger partial charge in [-0.05, 0) is 22.6 Å². The third kappa shape index (κ3) is 0.937. The van der Waals surface area contributed by atoms with Gasteiger partial charge in [0.1, 0.15) is 16.1 Å². The SMILES string of the molecule is N#Cc1ncnc2n[nH]c(I)c12. The summed E-state index contributed by atoms with van der Waals surface area (Å²) in [4.78, 5) is 7.72. The highest BCUT2D eigenvalue weighted by Gasteiger charge is 2.08. The molecule has 2 heterocycles. The van der Waals surface area contributed by atoms with Crippen molar-refractivity contribution in [2.75, 3.05) is 0 Å². The number of nitriles is 1. The molecule has 0 amide bonds. The Bertz CT molecular complexity index is 468. The first-order valence-corrected chi connectivity index (χ1v) is 4.15. The van der Waals surface area contributed by atoms with Crippen LogP contribution in [0.4, 0.5) is 0 Å². The summed E-state index contributed by atoms with van der Waals surface area (Å²) in [7, 11) is 0. The maximum atomic E-state index is 8.69. The van der Waals surface area contributed by atoms with E-state index in [1.807, 2.05) is 6.07 Å². The zero-order valence-electron chi connectivity index (χ0n) is 5.74. The normalized spacial score (nSPS) is 10.0. The molecule has 2 rings (SSSR count). The molecule has 0 unspecified atom stereocenters. The topological polar surface area (TPSA) is 78.2 Å². The van der Waals surface area contributed by atoms with Crippen LogP contribution in [0.25, 0.3) is 11.0 Å². The van der Waals surface area contributed by atoms with E-state index in [0.717, 1.165) is 3.70 Å². The van der Waals surface area contributed by atoms with E-state index in [0.29, 0.717) is 16.7 Å². The van der Waals surface area contributed by atoms with E-state index in [2.05, 4.69) is 42.8 Å². The van der Waals surface area contributed by atoms with Crippen LogP contribution in [-0.4, -0.2) is 20.2 Å². The number of aromatic amines is 1. The molecule has 12 heavy (non-hydrogen) atoms. The number of H-pyrrole nitrogens is 1. The van der Waals surface area contributed by atoms with Crippen molar-refractivity contribution in [2.45, 2.75) is 0 Å². The highest BCUT2D eigenvalue weighted by Crippen LogP contribution is 2.17. The highest BCUT2D eigenvalue weighted by atomic mass is 127. The Balaban J connectivity index is 2.96. The van der Waals surface area contributed by atoms with Crippen molar-refractivity contribution < 1.29 is 0 Å². The lowest BCUT2D eigenvalue weighted by Crippen LogP contribution is -1.86. The zero-order chi connectivity index (χ0) is 8.55. The maximum Gasteiger partial charge on any atom is 0.186 e. The molecule has 6 heteroatoms. The summed E-state index contributed by atoms with van der Waals surface area (Å²) in [6, 6.07) is 1.98. The van der Waals surface area contributed by atoms with Gasteiger partial charge in [-0.2, -0.15) is 10.4 Å². The third-order valence-electron chi connectivity index (χ3n) is 1.41. The second-order valence-electron chi connectivity index (χ2n) is 2.07. The quantitative estimate of drug-likeness (QED) is 0.720. The monoisotopic (exact) mass is 271 g/mol. The summed E-state index contributed by atoms with van der Waals surface area (Å²) in [6.07, 6.45) is 1.33. The number of halogens is 1. The minimum absolute atomic E-state index is 0.359. The second kappa shape index (κ2) is 2.67. The minimum Gasteiger partial charge on any atom is -0.269 e. The highest BCUT2D eigenvalue weighted by molar-refractivity contribution is 14.1. The van der Waals surface area contributed by atoms with Gasteiger partial charge in [-0.25, -0.2) is 9.97 Å². The molecule has 0 fully saturated rings. The van der Waals surface area contributed by atoms with Crippen LogP contribution in [-0.2, 0) is 0 Å². The Hall–Kier alpha value is -1.23. The summed E-state index contributed by atoms with van der Waals surface area (Å²) in [5.41, 5.74) is 0.893. The number of fused-ring (bicyclic) bond motifs is 1. The van der Waals surface area contributed by atoms with Crippen molar-refractivity contribution in [3.05, 3.63) is 15.7 Å². The molecule has 0 spiro atoms. The lowest BCUT2D eigenvalue weighted by atomic mass is 10.3. The van der Waals surface area contributed by atoms with Crippen LogP contribution in [0.5, 0.6) is 0 Å². The molecule has 2 aromatic heterocycles. The van der Waals surface area contributed by atoms with E-state index in [4.69, 9.17) is 5.26 Å². The molecule has 0 aliphatic heterocycles. The molecular formula is C6H2IN5. The van der Waals surface area contributed by atoms with Gasteiger partial charge in [-0.15, -0.1) is 0 Å². The number of rotatable bonds is 0. The van der Waals surface area contributed by atoms with Crippen LogP contribution < -0.4 is 0 Å². The van der Waals surface area contributed by atoms with Crippen LogP contribution in [0.3, 0.4) is 0 Å². The summed E-state index contributed by atoms with van der Waals surface area (Å²) < 4.78 is 0.791. The first kappa shape index (κ1) is 7.42. The molecule has 0 aliphatic carbocycles. The van der Waals surface area contributed by atoms with Crippen LogP contribution in [0.1, 0.15) is 5.69 Å². The van der Waals surface area contributed by atoms with Crippen molar-refractivity contribution in [1.82, 2.24) is 20.2 Å². The van der Waals surface area contributed by atoms with Gasteiger partial charge in [0, 0.05) is 0 Å². The maximum absolute atomic E-state index is 8.69. The van der Waals surface area contributed by atoms with Gasteiger partial charge in [0.15, 0.2) is 11.3 Å². The van der Waals surface area contributed by atoms with Gasteiger partial charge in [0.25, 0.3) is 0 Å². The summed E-state index contributed by atoms with van der Waals surface area (Å²) in [6.45, 7) is 0. The molecule has 0 saturated carbocycles. The van der Waals surface area contributed by atoms with E-state index in [-0.39, 0.29) is 0 Å². The fourth-order valence-corrected chi connectivity index (χ4v) is 1.52. The summed E-state index contributed by atoms with van der Waals surface area (Å²) in [5, 5.41) is 16.0. The molecule has 0 radical (unpaired) electrons. The predicted molar refractivity (Wildman–Crippen MR) is 49.1 cm³/mol. The molecule has 0 bridgehead atoms. The van der Waals surface area contributed by atoms with Crippen LogP contribution in [0.2, 0.25) is 0 Å². The molecule has 0 saturated heterocycles. The number of nitrogens with one attached hydrogen (secondary N) is 1. The molecule has 0 atom stereocenters. The minimum atomic E-state index is 0.359. The van der Waals surface area contributed by atoms with Gasteiger partial charge < -0.3 is 0 Å². The summed E-state index contributed by atoms with van der Waals surface area (Å²) in [5.74, 6) is 0. The first-order chi connectivity index (χ1) is 5.83. The van der Waals surface area contributed by atoms with E-state index >= 15 is 0 Å². The largest absolute Gasteiger partial charge is 0.269 e. The third-order valence-corrected chi connectivity index (χ3v) is 2.19. The average Bonchev–Trinajstić information content (AvgIpc) is 2.48. The lowest BCUT2D eigenvalue weighted by molar-refractivity contribution is 1.07. The van der Waals surface area contributed by atoms with Crippen LogP contribution in [0, 0.1) is 15.0 Å². The Morgan fingerprint density at radius 3 is 3.08 bits per heavy atom. The second-order valence-corrected chi connectivity index (χ2v) is 3.15. The standard InChI is InChI=1S/C6H2IN5/c7-5-4-3(1-8)9-2-10-6(4)12-11-5/h2H,(H,9,10,11,12). The van der Waals surface area contributed by atoms with Gasteiger partial charge in [-0.1, -0.05) is 0 Å². The van der Waals surface area contributed by atoms with E-state index in [1.54, 1.807) is 0 Å². The number of hydrogen-bond acceptors (Lipinski definition) is 4. The Morgan fingerprint density at radius 1 is 1.50 bits per heavy atom. The molecular weight excluding hydrogens is 269 g/mol. The lowest BCUT2D eigenvalue weighted by Gasteiger charge is -1.88. The fourth-order valence-electron chi connectivity index (χ4n) is 0.906. The van der Waals surface area contributed by atoms with Gasteiger partial charge in [0.05, 0.1) is 5.39 Å². The van der Waals surface area contributed by atoms with Gasteiger partial charge in [-0.3, -0.25) is 5.10 Å². The summed E-state index contributed by atoms with van der Waals surface area (Å²) >= 11 is 2.05. The number of hydrogen-bond donors (Lipinski definition) is 1. The fraction of sp³-hybridized carbons (Fsp3) is 0. The van der Waals surface area contributed by atoms with Crippen LogP contribution in [0.15, 0.2) is 6.33 Å². The zero-order valence-corrected chi connectivity index (χ0v) is 7.90. The molecule has 0 aliphatic rings. The van der Waals surface area contributed by atoms with Crippen molar-refractivity contribution in [1.29, 1.82) is 5.26 Å². The smallest absolute Gasteiger partial charge is 0.186 e. The number of aromatic nitrogens is 4. The number of nitrogens with zero attached hydrogens (tertiary/aromatic N) is 4. The van der Waals surface area contributed by atoms with Crippen molar-refractivity contribution >= 4 is 33.6 Å². The Kier molecular flexibility index (Phi) is 1.65. The van der Waals surface area contributed by atoms with E-state index in [9.17, 15) is 0 Å². The van der Waals surface area contributed by atoms with Crippen LogP contribution >= 0.6 is 22.6 Å². The van der Waals surface area contributed by atoms with Gasteiger partial charge in [0.2, 0.25) is 0 Å².